The number of hydrogen-bond donors (Lipinski definition) is 1. The molecule has 0 spiro atoms. The second kappa shape index (κ2) is 6.84. The van der Waals surface area contributed by atoms with E-state index in [9.17, 15) is 4.79 Å². The average Bonchev–Trinajstić information content (AvgIpc) is 3.05. The number of anilines is 2. The Bertz CT molecular complexity index is 691. The monoisotopic (exact) mass is 310 g/mol. The van der Waals surface area contributed by atoms with Crippen molar-refractivity contribution < 1.29 is 9.53 Å². The molecule has 2 aromatic carbocycles. The number of carbonyl (C=O) groups excluding carboxylic acids is 1. The molecule has 1 amide bonds. The average molecular weight is 310 g/mol. The molecule has 120 valence electrons. The fourth-order valence-electron chi connectivity index (χ4n) is 2.86. The number of rotatable bonds is 5. The van der Waals surface area contributed by atoms with Crippen LogP contribution in [0.3, 0.4) is 0 Å². The van der Waals surface area contributed by atoms with Gasteiger partial charge < -0.3 is 15.0 Å². The lowest BCUT2D eigenvalue weighted by atomic mass is 10.1. The number of amides is 1. The number of benzene rings is 2. The van der Waals surface area contributed by atoms with E-state index in [2.05, 4.69) is 24.1 Å². The van der Waals surface area contributed by atoms with Gasteiger partial charge in [-0.05, 0) is 61.4 Å². The van der Waals surface area contributed by atoms with Crippen molar-refractivity contribution in [2.45, 2.75) is 27.1 Å². The van der Waals surface area contributed by atoms with Gasteiger partial charge in [-0.15, -0.1) is 0 Å². The van der Waals surface area contributed by atoms with Crippen molar-refractivity contribution in [1.29, 1.82) is 0 Å². The van der Waals surface area contributed by atoms with E-state index in [0.717, 1.165) is 24.3 Å². The minimum atomic E-state index is -0.0877. The Balaban J connectivity index is 1.70. The maximum Gasteiger partial charge on any atom is 0.255 e. The lowest BCUT2D eigenvalue weighted by molar-refractivity contribution is 0.102. The van der Waals surface area contributed by atoms with Gasteiger partial charge in [-0.1, -0.05) is 6.07 Å². The highest BCUT2D eigenvalue weighted by Gasteiger charge is 2.14. The zero-order chi connectivity index (χ0) is 16.2. The van der Waals surface area contributed by atoms with Gasteiger partial charge in [-0.3, -0.25) is 4.79 Å². The number of carbonyl (C=O) groups is 1. The number of nitrogens with zero attached hydrogens (tertiary/aromatic N) is 1. The first-order valence-corrected chi connectivity index (χ1v) is 8.07. The van der Waals surface area contributed by atoms with E-state index in [0.29, 0.717) is 18.8 Å². The van der Waals surface area contributed by atoms with Gasteiger partial charge in [0, 0.05) is 30.0 Å². The minimum Gasteiger partial charge on any atom is -0.372 e. The predicted octanol–water partition coefficient (Wildman–Crippen LogP) is 3.82. The van der Waals surface area contributed by atoms with Crippen LogP contribution in [0.4, 0.5) is 11.4 Å². The molecule has 0 radical (unpaired) electrons. The number of fused-ring (bicyclic) bond motifs is 1. The normalized spacial score (nSPS) is 12.8. The van der Waals surface area contributed by atoms with Crippen LogP contribution in [0.25, 0.3) is 0 Å². The molecular formula is C19H22N2O2. The quantitative estimate of drug-likeness (QED) is 0.913. The van der Waals surface area contributed by atoms with E-state index in [-0.39, 0.29) is 5.91 Å². The number of ether oxygens (including phenoxy) is 1. The molecule has 4 heteroatoms. The molecule has 0 fully saturated rings. The van der Waals surface area contributed by atoms with E-state index < -0.39 is 0 Å². The third-order valence-electron chi connectivity index (χ3n) is 4.24. The summed E-state index contributed by atoms with van der Waals surface area (Å²) in [7, 11) is 0. The predicted molar refractivity (Wildman–Crippen MR) is 92.9 cm³/mol. The molecule has 0 atom stereocenters. The highest BCUT2D eigenvalue weighted by Crippen LogP contribution is 2.22. The topological polar surface area (TPSA) is 41.6 Å². The molecule has 4 nitrogen and oxygen atoms in total. The molecular weight excluding hydrogens is 288 g/mol. The first-order chi connectivity index (χ1) is 11.2. The van der Waals surface area contributed by atoms with E-state index in [1.807, 2.05) is 42.5 Å². The van der Waals surface area contributed by atoms with Crippen LogP contribution in [0.1, 0.15) is 35.3 Å². The van der Waals surface area contributed by atoms with Crippen LogP contribution in [0, 0.1) is 0 Å². The Morgan fingerprint density at radius 3 is 2.43 bits per heavy atom. The van der Waals surface area contributed by atoms with E-state index in [4.69, 9.17) is 4.74 Å². The molecule has 3 rings (SSSR count). The van der Waals surface area contributed by atoms with Crippen molar-refractivity contribution in [3.63, 3.8) is 0 Å². The summed E-state index contributed by atoms with van der Waals surface area (Å²) in [5, 5.41) is 2.95. The molecule has 0 saturated carbocycles. The smallest absolute Gasteiger partial charge is 0.255 e. The van der Waals surface area contributed by atoms with Gasteiger partial charge in [-0.25, -0.2) is 0 Å². The molecule has 23 heavy (non-hydrogen) atoms. The van der Waals surface area contributed by atoms with Crippen LogP contribution >= 0.6 is 0 Å². The van der Waals surface area contributed by atoms with Crippen LogP contribution < -0.4 is 10.2 Å². The van der Waals surface area contributed by atoms with Crippen molar-refractivity contribution in [1.82, 2.24) is 0 Å². The highest BCUT2D eigenvalue weighted by molar-refractivity contribution is 6.04. The first kappa shape index (κ1) is 15.6. The van der Waals surface area contributed by atoms with Crippen LogP contribution in [0.15, 0.2) is 42.5 Å². The fourth-order valence-corrected chi connectivity index (χ4v) is 2.86. The second-order valence-electron chi connectivity index (χ2n) is 5.65. The highest BCUT2D eigenvalue weighted by atomic mass is 16.5. The van der Waals surface area contributed by atoms with Crippen molar-refractivity contribution >= 4 is 17.3 Å². The van der Waals surface area contributed by atoms with E-state index >= 15 is 0 Å². The molecule has 0 aromatic heterocycles. The SMILES string of the molecule is CCN(CC)c1ccc(NC(=O)c2ccc3c(c2)COC3)cc1. The Morgan fingerprint density at radius 1 is 1.04 bits per heavy atom. The van der Waals surface area contributed by atoms with Gasteiger partial charge in [0.2, 0.25) is 0 Å². The van der Waals surface area contributed by atoms with E-state index in [1.54, 1.807) is 0 Å². The molecule has 0 aliphatic carbocycles. The zero-order valence-corrected chi connectivity index (χ0v) is 13.6. The molecule has 1 N–H and O–H groups in total. The van der Waals surface area contributed by atoms with Crippen LogP contribution in [0.5, 0.6) is 0 Å². The Hall–Kier alpha value is -2.33. The Morgan fingerprint density at radius 2 is 1.74 bits per heavy atom. The lowest BCUT2D eigenvalue weighted by Crippen LogP contribution is -2.21. The number of hydrogen-bond acceptors (Lipinski definition) is 3. The molecule has 0 saturated heterocycles. The Labute approximate surface area is 137 Å². The van der Waals surface area contributed by atoms with Crippen LogP contribution in [0.2, 0.25) is 0 Å². The van der Waals surface area contributed by atoms with E-state index in [1.165, 1.54) is 11.3 Å². The largest absolute Gasteiger partial charge is 0.372 e. The summed E-state index contributed by atoms with van der Waals surface area (Å²) < 4.78 is 5.39. The minimum absolute atomic E-state index is 0.0877. The third-order valence-corrected chi connectivity index (χ3v) is 4.24. The van der Waals surface area contributed by atoms with Crippen LogP contribution in [-0.2, 0) is 18.0 Å². The summed E-state index contributed by atoms with van der Waals surface area (Å²) >= 11 is 0. The zero-order valence-electron chi connectivity index (χ0n) is 13.6. The molecule has 0 bridgehead atoms. The summed E-state index contributed by atoms with van der Waals surface area (Å²) in [5.41, 5.74) is 4.92. The summed E-state index contributed by atoms with van der Waals surface area (Å²) in [6, 6.07) is 13.7. The molecule has 0 unspecified atom stereocenters. The summed E-state index contributed by atoms with van der Waals surface area (Å²) in [5.74, 6) is -0.0877. The summed E-state index contributed by atoms with van der Waals surface area (Å²) in [6.45, 7) is 7.45. The fraction of sp³-hybridized carbons (Fsp3) is 0.316. The van der Waals surface area contributed by atoms with Gasteiger partial charge in [-0.2, -0.15) is 0 Å². The maximum atomic E-state index is 12.4. The van der Waals surface area contributed by atoms with Crippen molar-refractivity contribution in [3.8, 4) is 0 Å². The molecule has 2 aromatic rings. The molecule has 1 aliphatic heterocycles. The van der Waals surface area contributed by atoms with Gasteiger partial charge >= 0.3 is 0 Å². The Kier molecular flexibility index (Phi) is 4.63. The van der Waals surface area contributed by atoms with Crippen molar-refractivity contribution in [2.24, 2.45) is 0 Å². The van der Waals surface area contributed by atoms with Crippen molar-refractivity contribution in [2.75, 3.05) is 23.3 Å². The first-order valence-electron chi connectivity index (χ1n) is 8.07. The lowest BCUT2D eigenvalue weighted by Gasteiger charge is -2.21. The van der Waals surface area contributed by atoms with Gasteiger partial charge in [0.05, 0.1) is 13.2 Å². The molecule has 1 heterocycles. The van der Waals surface area contributed by atoms with Gasteiger partial charge in [0.1, 0.15) is 0 Å². The van der Waals surface area contributed by atoms with Gasteiger partial charge in [0.15, 0.2) is 0 Å². The van der Waals surface area contributed by atoms with Crippen molar-refractivity contribution in [3.05, 3.63) is 59.2 Å². The maximum absolute atomic E-state index is 12.4. The standard InChI is InChI=1S/C19H22N2O2/c1-3-21(4-2)18-9-7-17(8-10-18)20-19(22)14-5-6-15-12-23-13-16(15)11-14/h5-11H,3-4,12-13H2,1-2H3,(H,20,22). The summed E-state index contributed by atoms with van der Waals surface area (Å²) in [4.78, 5) is 14.7. The third kappa shape index (κ3) is 3.37. The van der Waals surface area contributed by atoms with Gasteiger partial charge in [0.25, 0.3) is 5.91 Å². The second-order valence-corrected chi connectivity index (χ2v) is 5.65. The summed E-state index contributed by atoms with van der Waals surface area (Å²) in [6.07, 6.45) is 0. The molecule has 1 aliphatic rings. The number of nitrogens with one attached hydrogen (secondary N) is 1. The van der Waals surface area contributed by atoms with Crippen LogP contribution in [-0.4, -0.2) is 19.0 Å².